The molecule has 3 amide bonds. The molecule has 1 unspecified atom stereocenters. The van der Waals surface area contributed by atoms with Gasteiger partial charge in [-0.15, -0.1) is 0 Å². The number of nitrogens with zero attached hydrogens (tertiary/aromatic N) is 1. The van der Waals surface area contributed by atoms with Crippen LogP contribution >= 0.6 is 11.6 Å². The molecule has 0 bridgehead atoms. The second-order valence-corrected chi connectivity index (χ2v) is 4.72. The molecule has 1 aromatic rings. The molecule has 1 fully saturated rings. The van der Waals surface area contributed by atoms with Crippen molar-refractivity contribution in [1.82, 2.24) is 10.2 Å². The van der Waals surface area contributed by atoms with E-state index in [-0.39, 0.29) is 12.5 Å². The predicted molar refractivity (Wildman–Crippen MR) is 69.7 cm³/mol. The number of imide groups is 1. The molecule has 1 N–H and O–H groups in total. The fourth-order valence-corrected chi connectivity index (χ4v) is 2.26. The Hall–Kier alpha value is -1.88. The van der Waals surface area contributed by atoms with E-state index in [2.05, 4.69) is 5.32 Å². The minimum Gasteiger partial charge on any atom is -0.317 e. The highest BCUT2D eigenvalue weighted by Crippen LogP contribution is 2.17. The number of rotatable bonds is 2. The van der Waals surface area contributed by atoms with Gasteiger partial charge >= 0.3 is 0 Å². The first-order chi connectivity index (χ1) is 9.02. The summed E-state index contributed by atoms with van der Waals surface area (Å²) in [7, 11) is 0. The lowest BCUT2D eigenvalue weighted by molar-refractivity contribution is -0.138. The van der Waals surface area contributed by atoms with Gasteiger partial charge in [0, 0.05) is 10.6 Å². The molecule has 1 heterocycles. The molecule has 1 aromatic carbocycles. The van der Waals surface area contributed by atoms with Crippen LogP contribution in [-0.2, 0) is 9.59 Å². The summed E-state index contributed by atoms with van der Waals surface area (Å²) in [5.74, 6) is -1.27. The molecule has 6 heteroatoms. The van der Waals surface area contributed by atoms with Crippen molar-refractivity contribution >= 4 is 29.3 Å². The predicted octanol–water partition coefficient (Wildman–Crippen LogP) is 1.22. The minimum atomic E-state index is -0.621. The topological polar surface area (TPSA) is 66.5 Å². The average Bonchev–Trinajstić information content (AvgIpc) is 2.37. The van der Waals surface area contributed by atoms with Crippen LogP contribution < -0.4 is 5.32 Å². The monoisotopic (exact) mass is 280 g/mol. The molecule has 0 spiro atoms. The zero-order valence-electron chi connectivity index (χ0n) is 10.4. The lowest BCUT2D eigenvalue weighted by Crippen LogP contribution is -2.59. The molecule has 0 aromatic heterocycles. The molecule has 5 nitrogen and oxygen atoms in total. The highest BCUT2D eigenvalue weighted by Gasteiger charge is 2.35. The Morgan fingerprint density at radius 1 is 1.47 bits per heavy atom. The molecule has 0 saturated carbocycles. The van der Waals surface area contributed by atoms with E-state index in [1.54, 1.807) is 25.1 Å². The number of carbonyl (C=O) groups is 3. The van der Waals surface area contributed by atoms with Crippen LogP contribution in [0, 0.1) is 0 Å². The van der Waals surface area contributed by atoms with Gasteiger partial charge in [0.1, 0.15) is 12.6 Å². The second-order valence-electron chi connectivity index (χ2n) is 4.28. The van der Waals surface area contributed by atoms with Crippen LogP contribution in [0.1, 0.15) is 23.7 Å². The highest BCUT2D eigenvalue weighted by atomic mass is 35.5. The van der Waals surface area contributed by atoms with Crippen molar-refractivity contribution in [2.45, 2.75) is 19.4 Å². The number of piperazine rings is 1. The fourth-order valence-electron chi connectivity index (χ4n) is 2.07. The van der Waals surface area contributed by atoms with Gasteiger partial charge in [0.2, 0.25) is 11.8 Å². The van der Waals surface area contributed by atoms with Crippen LogP contribution in [0.5, 0.6) is 0 Å². The van der Waals surface area contributed by atoms with Crippen molar-refractivity contribution in [1.29, 1.82) is 0 Å². The first kappa shape index (κ1) is 13.5. The Bertz CT molecular complexity index is 544. The molecule has 100 valence electrons. The lowest BCUT2D eigenvalue weighted by atomic mass is 10.1. The van der Waals surface area contributed by atoms with Crippen LogP contribution in [0.4, 0.5) is 0 Å². The van der Waals surface area contributed by atoms with Crippen molar-refractivity contribution in [3.63, 3.8) is 0 Å². The van der Waals surface area contributed by atoms with Gasteiger partial charge in [-0.05, 0) is 24.6 Å². The summed E-state index contributed by atoms with van der Waals surface area (Å²) in [6, 6.07) is 5.82. The summed E-state index contributed by atoms with van der Waals surface area (Å²) in [5, 5.41) is 2.67. The van der Waals surface area contributed by atoms with Crippen molar-refractivity contribution < 1.29 is 14.4 Å². The number of hydrogen-bond donors (Lipinski definition) is 1. The van der Waals surface area contributed by atoms with Crippen LogP contribution in [0.3, 0.4) is 0 Å². The number of hydrogen-bond acceptors (Lipinski definition) is 3. The molecule has 1 aliphatic rings. The molecule has 1 aliphatic heterocycles. The third kappa shape index (κ3) is 2.76. The third-order valence-corrected chi connectivity index (χ3v) is 3.21. The first-order valence-electron chi connectivity index (χ1n) is 5.93. The van der Waals surface area contributed by atoms with E-state index in [4.69, 9.17) is 11.6 Å². The molecular formula is C13H13ClN2O3. The number of amides is 3. The van der Waals surface area contributed by atoms with Gasteiger partial charge in [-0.3, -0.25) is 19.7 Å². The average molecular weight is 281 g/mol. The maximum Gasteiger partial charge on any atom is 0.255 e. The van der Waals surface area contributed by atoms with E-state index in [1.807, 2.05) is 0 Å². The van der Waals surface area contributed by atoms with E-state index in [0.717, 1.165) is 0 Å². The molecule has 0 radical (unpaired) electrons. The van der Waals surface area contributed by atoms with Gasteiger partial charge in [0.25, 0.3) is 5.91 Å². The van der Waals surface area contributed by atoms with Gasteiger partial charge in [0.05, 0.1) is 0 Å². The summed E-state index contributed by atoms with van der Waals surface area (Å²) >= 11 is 5.84. The summed E-state index contributed by atoms with van der Waals surface area (Å²) in [5.41, 5.74) is 0.369. The van der Waals surface area contributed by atoms with Crippen molar-refractivity contribution in [2.75, 3.05) is 6.54 Å². The van der Waals surface area contributed by atoms with Crippen LogP contribution in [0.15, 0.2) is 24.3 Å². The van der Waals surface area contributed by atoms with Gasteiger partial charge < -0.3 is 4.90 Å². The fraction of sp³-hybridized carbons (Fsp3) is 0.308. The lowest BCUT2D eigenvalue weighted by Gasteiger charge is -2.33. The highest BCUT2D eigenvalue weighted by molar-refractivity contribution is 6.31. The van der Waals surface area contributed by atoms with Gasteiger partial charge in [0.15, 0.2) is 0 Å². The maximum atomic E-state index is 12.3. The molecule has 19 heavy (non-hydrogen) atoms. The zero-order valence-corrected chi connectivity index (χ0v) is 11.1. The van der Waals surface area contributed by atoms with Crippen LogP contribution in [-0.4, -0.2) is 35.2 Å². The zero-order chi connectivity index (χ0) is 14.0. The van der Waals surface area contributed by atoms with E-state index >= 15 is 0 Å². The third-order valence-electron chi connectivity index (χ3n) is 2.97. The summed E-state index contributed by atoms with van der Waals surface area (Å²) in [6.45, 7) is 1.67. The Balaban J connectivity index is 2.30. The first-order valence-corrected chi connectivity index (χ1v) is 6.31. The van der Waals surface area contributed by atoms with Crippen LogP contribution in [0.25, 0.3) is 0 Å². The Morgan fingerprint density at radius 2 is 2.21 bits per heavy atom. The van der Waals surface area contributed by atoms with Gasteiger partial charge in [-0.2, -0.15) is 0 Å². The Morgan fingerprint density at radius 3 is 2.84 bits per heavy atom. The Kier molecular flexibility index (Phi) is 3.85. The minimum absolute atomic E-state index is 0.115. The van der Waals surface area contributed by atoms with Gasteiger partial charge in [-0.25, -0.2) is 0 Å². The molecule has 2 rings (SSSR count). The number of benzene rings is 1. The number of halogens is 1. The molecule has 1 atom stereocenters. The normalized spacial score (nSPS) is 19.3. The standard InChI is InChI=1S/C13H13ClN2O3/c1-2-10-12(18)15-11(17)7-16(10)13(19)8-4-3-5-9(14)6-8/h3-6,10H,2,7H2,1H3,(H,15,17,18). The largest absolute Gasteiger partial charge is 0.317 e. The van der Waals surface area contributed by atoms with E-state index in [9.17, 15) is 14.4 Å². The van der Waals surface area contributed by atoms with E-state index in [1.165, 1.54) is 11.0 Å². The summed E-state index contributed by atoms with van der Waals surface area (Å²) < 4.78 is 0. The second kappa shape index (κ2) is 5.40. The molecule has 0 aliphatic carbocycles. The molecular weight excluding hydrogens is 268 g/mol. The quantitative estimate of drug-likeness (QED) is 0.828. The van der Waals surface area contributed by atoms with E-state index in [0.29, 0.717) is 17.0 Å². The van der Waals surface area contributed by atoms with Gasteiger partial charge in [-0.1, -0.05) is 24.6 Å². The number of nitrogens with one attached hydrogen (secondary N) is 1. The molecule has 1 saturated heterocycles. The van der Waals surface area contributed by atoms with Crippen LogP contribution in [0.2, 0.25) is 5.02 Å². The van der Waals surface area contributed by atoms with Crippen molar-refractivity contribution in [2.24, 2.45) is 0 Å². The SMILES string of the molecule is CCC1C(=O)NC(=O)CN1C(=O)c1cccc(Cl)c1. The van der Waals surface area contributed by atoms with Crippen molar-refractivity contribution in [3.05, 3.63) is 34.9 Å². The smallest absolute Gasteiger partial charge is 0.255 e. The maximum absolute atomic E-state index is 12.3. The summed E-state index contributed by atoms with van der Waals surface area (Å²) in [6.07, 6.45) is 0.450. The number of carbonyl (C=O) groups excluding carboxylic acids is 3. The summed E-state index contributed by atoms with van der Waals surface area (Å²) in [4.78, 5) is 36.7. The van der Waals surface area contributed by atoms with Crippen molar-refractivity contribution in [3.8, 4) is 0 Å². The van der Waals surface area contributed by atoms with E-state index < -0.39 is 17.9 Å². The Labute approximate surface area is 115 Å².